The maximum absolute atomic E-state index is 11.5. The van der Waals surface area contributed by atoms with Crippen LogP contribution in [0, 0.1) is 6.92 Å². The minimum atomic E-state index is -3.04. The van der Waals surface area contributed by atoms with E-state index in [9.17, 15) is 8.42 Å². The van der Waals surface area contributed by atoms with Gasteiger partial charge in [0.25, 0.3) is 0 Å². The second-order valence-electron chi connectivity index (χ2n) is 5.01. The average molecular weight is 369 g/mol. The summed E-state index contributed by atoms with van der Waals surface area (Å²) in [5.74, 6) is 0.822. The van der Waals surface area contributed by atoms with Gasteiger partial charge >= 0.3 is 0 Å². The van der Waals surface area contributed by atoms with Gasteiger partial charge in [0.2, 0.25) is 0 Å². The van der Waals surface area contributed by atoms with Crippen molar-refractivity contribution in [3.63, 3.8) is 0 Å². The highest BCUT2D eigenvalue weighted by atomic mass is 79.9. The quantitative estimate of drug-likeness (QED) is 0.879. The first-order valence-electron chi connectivity index (χ1n) is 6.46. The standard InChI is InChI=1S/C15H17BrN2O2S/c1-11-7-15(18-9-14(11)16)17-8-12-5-3-4-6-13(12)10-21(2,19)20/h3-7,9H,8,10H2,1-2H3,(H,17,18). The van der Waals surface area contributed by atoms with Crippen molar-refractivity contribution in [2.45, 2.75) is 19.2 Å². The lowest BCUT2D eigenvalue weighted by Gasteiger charge is -2.11. The molecule has 112 valence electrons. The van der Waals surface area contributed by atoms with Crippen LogP contribution in [-0.4, -0.2) is 19.7 Å². The lowest BCUT2D eigenvalue weighted by Crippen LogP contribution is -2.08. The van der Waals surface area contributed by atoms with Crippen molar-refractivity contribution in [1.82, 2.24) is 4.98 Å². The molecular formula is C15H17BrN2O2S. The minimum absolute atomic E-state index is 0.0532. The maximum Gasteiger partial charge on any atom is 0.151 e. The molecule has 1 N–H and O–H groups in total. The molecule has 0 bridgehead atoms. The summed E-state index contributed by atoms with van der Waals surface area (Å²) in [4.78, 5) is 4.28. The summed E-state index contributed by atoms with van der Waals surface area (Å²) in [6.07, 6.45) is 3.00. The second kappa shape index (κ2) is 6.58. The second-order valence-corrected chi connectivity index (χ2v) is 8.01. The van der Waals surface area contributed by atoms with Crippen LogP contribution in [0.4, 0.5) is 5.82 Å². The Bertz CT molecular complexity index is 745. The Balaban J connectivity index is 2.14. The molecule has 6 heteroatoms. The predicted molar refractivity (Wildman–Crippen MR) is 89.0 cm³/mol. The highest BCUT2D eigenvalue weighted by molar-refractivity contribution is 9.10. The molecule has 1 aromatic heterocycles. The number of aromatic nitrogens is 1. The van der Waals surface area contributed by atoms with Gasteiger partial charge in [0.1, 0.15) is 5.82 Å². The molecule has 2 aromatic rings. The van der Waals surface area contributed by atoms with E-state index in [0.29, 0.717) is 6.54 Å². The van der Waals surface area contributed by atoms with E-state index in [-0.39, 0.29) is 5.75 Å². The molecule has 1 heterocycles. The number of nitrogens with zero attached hydrogens (tertiary/aromatic N) is 1. The first-order valence-corrected chi connectivity index (χ1v) is 9.31. The zero-order valence-electron chi connectivity index (χ0n) is 11.9. The van der Waals surface area contributed by atoms with Crippen molar-refractivity contribution in [1.29, 1.82) is 0 Å². The smallest absolute Gasteiger partial charge is 0.151 e. The van der Waals surface area contributed by atoms with Crippen LogP contribution in [-0.2, 0) is 22.1 Å². The number of rotatable bonds is 5. The van der Waals surface area contributed by atoms with Gasteiger partial charge in [0.15, 0.2) is 9.84 Å². The van der Waals surface area contributed by atoms with Gasteiger partial charge in [0.05, 0.1) is 5.75 Å². The summed E-state index contributed by atoms with van der Waals surface area (Å²) in [6, 6.07) is 9.48. The third-order valence-electron chi connectivity index (χ3n) is 3.04. The van der Waals surface area contributed by atoms with Gasteiger partial charge in [-0.2, -0.15) is 0 Å². The SMILES string of the molecule is Cc1cc(NCc2ccccc2CS(C)(=O)=O)ncc1Br. The number of aryl methyl sites for hydroxylation is 1. The highest BCUT2D eigenvalue weighted by Gasteiger charge is 2.09. The molecule has 1 aromatic carbocycles. The molecule has 0 radical (unpaired) electrons. The zero-order valence-corrected chi connectivity index (χ0v) is 14.3. The lowest BCUT2D eigenvalue weighted by molar-refractivity contribution is 0.601. The van der Waals surface area contributed by atoms with Crippen LogP contribution in [0.1, 0.15) is 16.7 Å². The van der Waals surface area contributed by atoms with E-state index < -0.39 is 9.84 Å². The topological polar surface area (TPSA) is 59.1 Å². The van der Waals surface area contributed by atoms with Crippen LogP contribution >= 0.6 is 15.9 Å². The van der Waals surface area contributed by atoms with Crippen molar-refractivity contribution in [2.75, 3.05) is 11.6 Å². The monoisotopic (exact) mass is 368 g/mol. The molecular weight excluding hydrogens is 352 g/mol. The van der Waals surface area contributed by atoms with Crippen LogP contribution in [0.25, 0.3) is 0 Å². The Labute approximate surface area is 133 Å². The summed E-state index contributed by atoms with van der Waals surface area (Å²) >= 11 is 3.41. The fourth-order valence-corrected chi connectivity index (χ4v) is 3.04. The van der Waals surface area contributed by atoms with Crippen LogP contribution in [0.5, 0.6) is 0 Å². The van der Waals surface area contributed by atoms with Crippen molar-refractivity contribution in [2.24, 2.45) is 0 Å². The lowest BCUT2D eigenvalue weighted by atomic mass is 10.1. The summed E-state index contributed by atoms with van der Waals surface area (Å²) in [6.45, 7) is 2.54. The number of sulfone groups is 1. The van der Waals surface area contributed by atoms with E-state index >= 15 is 0 Å². The highest BCUT2D eigenvalue weighted by Crippen LogP contribution is 2.19. The van der Waals surface area contributed by atoms with E-state index in [1.165, 1.54) is 6.26 Å². The maximum atomic E-state index is 11.5. The van der Waals surface area contributed by atoms with E-state index in [0.717, 1.165) is 27.0 Å². The number of nitrogens with one attached hydrogen (secondary N) is 1. The van der Waals surface area contributed by atoms with Crippen LogP contribution in [0.2, 0.25) is 0 Å². The van der Waals surface area contributed by atoms with E-state index in [2.05, 4.69) is 26.2 Å². The predicted octanol–water partition coefficient (Wildman–Crippen LogP) is 3.31. The minimum Gasteiger partial charge on any atom is -0.366 e. The van der Waals surface area contributed by atoms with Gasteiger partial charge in [-0.3, -0.25) is 0 Å². The Kier molecular flexibility index (Phi) is 5.00. The van der Waals surface area contributed by atoms with Crippen LogP contribution < -0.4 is 5.32 Å². The third kappa shape index (κ3) is 4.82. The van der Waals surface area contributed by atoms with Crippen molar-refractivity contribution in [3.05, 3.63) is 57.7 Å². The summed E-state index contributed by atoms with van der Waals surface area (Å²) in [7, 11) is -3.04. The van der Waals surface area contributed by atoms with Gasteiger partial charge in [-0.15, -0.1) is 0 Å². The van der Waals surface area contributed by atoms with Crippen LogP contribution in [0.15, 0.2) is 41.0 Å². The zero-order chi connectivity index (χ0) is 15.5. The molecule has 0 aliphatic carbocycles. The van der Waals surface area contributed by atoms with Gasteiger partial charge < -0.3 is 5.32 Å². The summed E-state index contributed by atoms with van der Waals surface area (Å²) < 4.78 is 23.9. The number of hydrogen-bond acceptors (Lipinski definition) is 4. The van der Waals surface area contributed by atoms with Crippen molar-refractivity contribution < 1.29 is 8.42 Å². The van der Waals surface area contributed by atoms with Crippen molar-refractivity contribution >= 4 is 31.6 Å². The first-order chi connectivity index (χ1) is 9.85. The van der Waals surface area contributed by atoms with Gasteiger partial charge in [0, 0.05) is 23.5 Å². The number of benzene rings is 1. The van der Waals surface area contributed by atoms with Gasteiger partial charge in [-0.1, -0.05) is 24.3 Å². The Morgan fingerprint density at radius 2 is 1.90 bits per heavy atom. The summed E-state index contributed by atoms with van der Waals surface area (Å²) in [5, 5.41) is 3.23. The largest absolute Gasteiger partial charge is 0.366 e. The molecule has 4 nitrogen and oxygen atoms in total. The number of hydrogen-bond donors (Lipinski definition) is 1. The van der Waals surface area contributed by atoms with Crippen molar-refractivity contribution in [3.8, 4) is 0 Å². The first kappa shape index (κ1) is 16.0. The molecule has 0 unspecified atom stereocenters. The average Bonchev–Trinajstić information content (AvgIpc) is 2.40. The number of anilines is 1. The van der Waals surface area contributed by atoms with E-state index in [1.807, 2.05) is 37.3 Å². The van der Waals surface area contributed by atoms with Crippen LogP contribution in [0.3, 0.4) is 0 Å². The Morgan fingerprint density at radius 3 is 2.52 bits per heavy atom. The number of pyridine rings is 1. The molecule has 0 saturated heterocycles. The molecule has 0 atom stereocenters. The Hall–Kier alpha value is -1.40. The van der Waals surface area contributed by atoms with E-state index in [1.54, 1.807) is 6.20 Å². The van der Waals surface area contributed by atoms with E-state index in [4.69, 9.17) is 0 Å². The molecule has 21 heavy (non-hydrogen) atoms. The molecule has 2 rings (SSSR count). The molecule has 0 amide bonds. The molecule has 0 aliphatic rings. The molecule has 0 fully saturated rings. The van der Waals surface area contributed by atoms with Gasteiger partial charge in [-0.05, 0) is 45.6 Å². The Morgan fingerprint density at radius 1 is 1.24 bits per heavy atom. The normalized spacial score (nSPS) is 11.4. The molecule has 0 spiro atoms. The number of halogens is 1. The molecule has 0 saturated carbocycles. The fourth-order valence-electron chi connectivity index (χ4n) is 1.98. The third-order valence-corrected chi connectivity index (χ3v) is 4.71. The fraction of sp³-hybridized carbons (Fsp3) is 0.267. The summed E-state index contributed by atoms with van der Waals surface area (Å²) in [5.41, 5.74) is 2.88. The molecule has 0 aliphatic heterocycles. The van der Waals surface area contributed by atoms with Gasteiger partial charge in [-0.25, -0.2) is 13.4 Å².